The largest absolute Gasteiger partial charge is 0.373 e. The Hall–Kier alpha value is -2.13. The summed E-state index contributed by atoms with van der Waals surface area (Å²) in [5.74, 6) is -0.416. The van der Waals surface area contributed by atoms with Gasteiger partial charge in [0.05, 0.1) is 12.2 Å². The Labute approximate surface area is 163 Å². The molecule has 2 aromatic carbocycles. The lowest BCUT2D eigenvalue weighted by Crippen LogP contribution is -2.08. The molecule has 0 fully saturated rings. The van der Waals surface area contributed by atoms with Crippen molar-refractivity contribution in [3.05, 3.63) is 59.7 Å². The second-order valence-electron chi connectivity index (χ2n) is 6.95. The van der Waals surface area contributed by atoms with Crippen LogP contribution in [0.15, 0.2) is 48.5 Å². The molecule has 0 N–H and O–H groups in total. The first kappa shape index (κ1) is 21.2. The molecule has 2 aromatic rings. The third-order valence-corrected chi connectivity index (χ3v) is 4.69. The van der Waals surface area contributed by atoms with E-state index >= 15 is 0 Å². The molecule has 146 valence electrons. The van der Waals surface area contributed by atoms with Gasteiger partial charge in [0.15, 0.2) is 0 Å². The third-order valence-electron chi connectivity index (χ3n) is 4.69. The first-order valence-electron chi connectivity index (χ1n) is 10.3. The summed E-state index contributed by atoms with van der Waals surface area (Å²) in [7, 11) is 0. The van der Waals surface area contributed by atoms with E-state index in [0.29, 0.717) is 12.2 Å². The van der Waals surface area contributed by atoms with Crippen molar-refractivity contribution in [2.24, 2.45) is 0 Å². The van der Waals surface area contributed by atoms with E-state index in [4.69, 9.17) is 9.78 Å². The lowest BCUT2D eigenvalue weighted by molar-refractivity contribution is -0.241. The molecule has 2 rings (SSSR count). The van der Waals surface area contributed by atoms with Gasteiger partial charge in [-0.05, 0) is 48.1 Å². The summed E-state index contributed by atoms with van der Waals surface area (Å²) < 4.78 is 0. The minimum atomic E-state index is -0.416. The summed E-state index contributed by atoms with van der Waals surface area (Å²) in [6.45, 7) is 4.79. The smallest absolute Gasteiger partial charge is 0.293 e. The molecule has 0 unspecified atom stereocenters. The Bertz CT molecular complexity index is 679. The SMILES string of the molecule is CCCCCCc1cc(C(=O)OOCCCCC)ccc1-c1ccccc1. The number of hydrogen-bond acceptors (Lipinski definition) is 3. The number of aryl methyl sites for hydroxylation is 1. The highest BCUT2D eigenvalue weighted by molar-refractivity contribution is 5.90. The fourth-order valence-electron chi connectivity index (χ4n) is 3.12. The Kier molecular flexibility index (Phi) is 9.64. The number of unbranched alkanes of at least 4 members (excludes halogenated alkanes) is 5. The molecule has 0 heterocycles. The van der Waals surface area contributed by atoms with Crippen LogP contribution in [0, 0.1) is 0 Å². The topological polar surface area (TPSA) is 35.5 Å². The van der Waals surface area contributed by atoms with Crippen LogP contribution in [0.1, 0.15) is 74.7 Å². The molecule has 0 saturated heterocycles. The summed E-state index contributed by atoms with van der Waals surface area (Å²) in [4.78, 5) is 22.4. The maximum atomic E-state index is 12.3. The van der Waals surface area contributed by atoms with Crippen molar-refractivity contribution in [3.8, 4) is 11.1 Å². The zero-order valence-corrected chi connectivity index (χ0v) is 16.7. The van der Waals surface area contributed by atoms with Crippen LogP contribution < -0.4 is 0 Å². The van der Waals surface area contributed by atoms with Gasteiger partial charge < -0.3 is 0 Å². The lowest BCUT2D eigenvalue weighted by atomic mass is 9.94. The molecule has 0 atom stereocenters. The van der Waals surface area contributed by atoms with E-state index in [1.807, 2.05) is 36.4 Å². The highest BCUT2D eigenvalue weighted by Gasteiger charge is 2.13. The van der Waals surface area contributed by atoms with Crippen LogP contribution in [0.2, 0.25) is 0 Å². The highest BCUT2D eigenvalue weighted by Crippen LogP contribution is 2.26. The van der Waals surface area contributed by atoms with Crippen molar-refractivity contribution < 1.29 is 14.6 Å². The maximum absolute atomic E-state index is 12.3. The van der Waals surface area contributed by atoms with Crippen LogP contribution in [0.5, 0.6) is 0 Å². The molecule has 0 aliphatic rings. The average Bonchev–Trinajstić information content (AvgIpc) is 2.71. The van der Waals surface area contributed by atoms with Crippen molar-refractivity contribution in [1.29, 1.82) is 0 Å². The van der Waals surface area contributed by atoms with Gasteiger partial charge in [-0.1, -0.05) is 82.3 Å². The highest BCUT2D eigenvalue weighted by atomic mass is 17.2. The van der Waals surface area contributed by atoms with Gasteiger partial charge >= 0.3 is 5.97 Å². The van der Waals surface area contributed by atoms with Crippen LogP contribution in [0.4, 0.5) is 0 Å². The van der Waals surface area contributed by atoms with Gasteiger partial charge in [0.2, 0.25) is 0 Å². The van der Waals surface area contributed by atoms with Crippen LogP contribution in [-0.4, -0.2) is 12.6 Å². The summed E-state index contributed by atoms with van der Waals surface area (Å²) in [5.41, 5.74) is 4.11. The number of benzene rings is 2. The predicted octanol–water partition coefficient (Wildman–Crippen LogP) is 6.76. The van der Waals surface area contributed by atoms with E-state index in [0.717, 1.165) is 32.1 Å². The minimum Gasteiger partial charge on any atom is -0.293 e. The van der Waals surface area contributed by atoms with Gasteiger partial charge in [-0.15, -0.1) is 0 Å². The second-order valence-corrected chi connectivity index (χ2v) is 6.95. The monoisotopic (exact) mass is 368 g/mol. The van der Waals surface area contributed by atoms with Gasteiger partial charge in [-0.25, -0.2) is 4.79 Å². The van der Waals surface area contributed by atoms with Gasteiger partial charge in [-0.2, -0.15) is 4.89 Å². The molecule has 0 saturated carbocycles. The van der Waals surface area contributed by atoms with Gasteiger partial charge in [0.25, 0.3) is 0 Å². The molecule has 0 aliphatic heterocycles. The minimum absolute atomic E-state index is 0.416. The molecule has 3 heteroatoms. The standard InChI is InChI=1S/C24H32O3/c1-3-5-7-9-15-21-19-22(24(25)27-26-18-12-6-4-2)16-17-23(21)20-13-10-8-11-14-20/h8,10-11,13-14,16-17,19H,3-7,9,12,15,18H2,1-2H3. The molecule has 0 aliphatic carbocycles. The quantitative estimate of drug-likeness (QED) is 0.236. The molecule has 0 bridgehead atoms. The van der Waals surface area contributed by atoms with E-state index in [1.54, 1.807) is 0 Å². The first-order valence-corrected chi connectivity index (χ1v) is 10.3. The van der Waals surface area contributed by atoms with Gasteiger partial charge in [0.1, 0.15) is 0 Å². The zero-order chi connectivity index (χ0) is 19.3. The fraction of sp³-hybridized carbons (Fsp3) is 0.458. The number of hydrogen-bond donors (Lipinski definition) is 0. The van der Waals surface area contributed by atoms with Crippen molar-refractivity contribution >= 4 is 5.97 Å². The van der Waals surface area contributed by atoms with Crippen molar-refractivity contribution in [3.63, 3.8) is 0 Å². The molecule has 0 spiro atoms. The number of carbonyl (C=O) groups excluding carboxylic acids is 1. The van der Waals surface area contributed by atoms with Crippen molar-refractivity contribution in [1.82, 2.24) is 0 Å². The van der Waals surface area contributed by atoms with E-state index in [9.17, 15) is 4.79 Å². The van der Waals surface area contributed by atoms with E-state index in [2.05, 4.69) is 26.0 Å². The summed E-state index contributed by atoms with van der Waals surface area (Å²) in [6.07, 6.45) is 8.84. The Balaban J connectivity index is 2.09. The third kappa shape index (κ3) is 7.18. The van der Waals surface area contributed by atoms with Crippen LogP contribution in [0.25, 0.3) is 11.1 Å². The van der Waals surface area contributed by atoms with Gasteiger partial charge in [0, 0.05) is 0 Å². The van der Waals surface area contributed by atoms with E-state index < -0.39 is 5.97 Å². The molecule has 0 aromatic heterocycles. The molecule has 0 radical (unpaired) electrons. The molecule has 27 heavy (non-hydrogen) atoms. The van der Waals surface area contributed by atoms with Gasteiger partial charge in [-0.3, -0.25) is 4.89 Å². The predicted molar refractivity (Wildman–Crippen MR) is 111 cm³/mol. The Morgan fingerprint density at radius 2 is 1.59 bits per heavy atom. The Morgan fingerprint density at radius 3 is 2.33 bits per heavy atom. The van der Waals surface area contributed by atoms with Crippen LogP contribution in [0.3, 0.4) is 0 Å². The zero-order valence-electron chi connectivity index (χ0n) is 16.7. The molecule has 0 amide bonds. The fourth-order valence-corrected chi connectivity index (χ4v) is 3.12. The molecule has 3 nitrogen and oxygen atoms in total. The van der Waals surface area contributed by atoms with E-state index in [1.165, 1.54) is 36.0 Å². The summed E-state index contributed by atoms with van der Waals surface area (Å²) in [5, 5.41) is 0. The lowest BCUT2D eigenvalue weighted by Gasteiger charge is -2.12. The summed E-state index contributed by atoms with van der Waals surface area (Å²) >= 11 is 0. The number of rotatable bonds is 12. The molecular weight excluding hydrogens is 336 g/mol. The summed E-state index contributed by atoms with van der Waals surface area (Å²) in [6, 6.07) is 16.1. The first-order chi connectivity index (χ1) is 13.3. The van der Waals surface area contributed by atoms with Crippen molar-refractivity contribution in [2.45, 2.75) is 65.2 Å². The average molecular weight is 369 g/mol. The van der Waals surface area contributed by atoms with Crippen LogP contribution in [-0.2, 0) is 16.2 Å². The second kappa shape index (κ2) is 12.3. The maximum Gasteiger partial charge on any atom is 0.373 e. The van der Waals surface area contributed by atoms with Crippen LogP contribution >= 0.6 is 0 Å². The normalized spacial score (nSPS) is 10.7. The van der Waals surface area contributed by atoms with Crippen molar-refractivity contribution in [2.75, 3.05) is 6.61 Å². The number of carbonyl (C=O) groups is 1. The Morgan fingerprint density at radius 1 is 0.852 bits per heavy atom. The molecular formula is C24H32O3. The van der Waals surface area contributed by atoms with E-state index in [-0.39, 0.29) is 0 Å².